The van der Waals surface area contributed by atoms with Crippen LogP contribution in [0.2, 0.25) is 0 Å². The zero-order valence-electron chi connectivity index (χ0n) is 11.9. The number of sulfonamides is 1. The maximum absolute atomic E-state index is 12.6. The molecule has 0 saturated carbocycles. The highest BCUT2D eigenvalue weighted by molar-refractivity contribution is 7.91. The van der Waals surface area contributed by atoms with Crippen LogP contribution in [0.15, 0.2) is 22.9 Å². The molecule has 0 aromatic carbocycles. The molecule has 0 spiro atoms. The van der Waals surface area contributed by atoms with E-state index in [4.69, 9.17) is 0 Å². The molecule has 0 aliphatic rings. The molecule has 0 bridgehead atoms. The average molecular weight is 302 g/mol. The zero-order valence-corrected chi connectivity index (χ0v) is 13.6. The summed E-state index contributed by atoms with van der Waals surface area (Å²) in [4.78, 5) is 1.06. The van der Waals surface area contributed by atoms with Gasteiger partial charge in [0.25, 0.3) is 10.0 Å². The number of rotatable bonds is 7. The van der Waals surface area contributed by atoms with Crippen LogP contribution in [0.1, 0.15) is 24.3 Å². The van der Waals surface area contributed by atoms with Crippen molar-refractivity contribution < 1.29 is 8.42 Å². The minimum atomic E-state index is -3.43. The van der Waals surface area contributed by atoms with Crippen molar-refractivity contribution in [3.8, 4) is 0 Å². The van der Waals surface area contributed by atoms with E-state index >= 15 is 0 Å². The number of nitrogens with zero attached hydrogens (tertiary/aromatic N) is 1. The smallest absolute Gasteiger partial charge is 0.253 e. The lowest BCUT2D eigenvalue weighted by Crippen LogP contribution is -2.36. The molecule has 108 valence electrons. The third kappa shape index (κ3) is 3.66. The van der Waals surface area contributed by atoms with Gasteiger partial charge in [0, 0.05) is 24.0 Å². The highest BCUT2D eigenvalue weighted by Gasteiger charge is 2.28. The van der Waals surface area contributed by atoms with Crippen molar-refractivity contribution in [1.82, 2.24) is 9.62 Å². The summed E-state index contributed by atoms with van der Waals surface area (Å²) in [7, 11) is -1.58. The lowest BCUT2D eigenvalue weighted by molar-refractivity contribution is 0.384. The molecule has 4 nitrogen and oxygen atoms in total. The lowest BCUT2D eigenvalue weighted by atomic mass is 10.3. The van der Waals surface area contributed by atoms with Gasteiger partial charge in [0.15, 0.2) is 0 Å². The first-order chi connectivity index (χ1) is 8.84. The lowest BCUT2D eigenvalue weighted by Gasteiger charge is -2.23. The minimum Gasteiger partial charge on any atom is -0.315 e. The van der Waals surface area contributed by atoms with E-state index in [1.54, 1.807) is 12.1 Å². The second kappa shape index (κ2) is 6.65. The van der Waals surface area contributed by atoms with E-state index in [-0.39, 0.29) is 6.04 Å². The van der Waals surface area contributed by atoms with Gasteiger partial charge >= 0.3 is 0 Å². The van der Waals surface area contributed by atoms with Gasteiger partial charge in [-0.2, -0.15) is 4.31 Å². The summed E-state index contributed by atoms with van der Waals surface area (Å²) in [6.45, 7) is 10.3. The SMILES string of the molecule is C=CCN(C(C)C)S(=O)(=O)c1cc(C)c(CNC)s1. The molecule has 19 heavy (non-hydrogen) atoms. The summed E-state index contributed by atoms with van der Waals surface area (Å²) in [5.41, 5.74) is 1.01. The van der Waals surface area contributed by atoms with Gasteiger partial charge < -0.3 is 5.32 Å². The molecule has 1 rings (SSSR count). The largest absolute Gasteiger partial charge is 0.315 e. The first-order valence-corrected chi connectivity index (χ1v) is 8.46. The molecular formula is C13H22N2O2S2. The van der Waals surface area contributed by atoms with Crippen molar-refractivity contribution in [3.63, 3.8) is 0 Å². The Hall–Kier alpha value is -0.690. The molecule has 0 fully saturated rings. The topological polar surface area (TPSA) is 49.4 Å². The van der Waals surface area contributed by atoms with Gasteiger partial charge in [-0.05, 0) is 39.4 Å². The maximum atomic E-state index is 12.6. The second-order valence-corrected chi connectivity index (χ2v) is 7.91. The Morgan fingerprint density at radius 3 is 2.63 bits per heavy atom. The predicted molar refractivity (Wildman–Crippen MR) is 81.0 cm³/mol. The molecule has 6 heteroatoms. The number of aryl methyl sites for hydroxylation is 1. The third-order valence-corrected chi connectivity index (χ3v) is 6.51. The van der Waals surface area contributed by atoms with Gasteiger partial charge in [-0.3, -0.25) is 0 Å². The van der Waals surface area contributed by atoms with E-state index in [0.717, 1.165) is 10.4 Å². The van der Waals surface area contributed by atoms with E-state index in [2.05, 4.69) is 11.9 Å². The summed E-state index contributed by atoms with van der Waals surface area (Å²) in [6.07, 6.45) is 1.62. The van der Waals surface area contributed by atoms with Crippen molar-refractivity contribution in [2.24, 2.45) is 0 Å². The fourth-order valence-electron chi connectivity index (χ4n) is 1.78. The van der Waals surface area contributed by atoms with Crippen molar-refractivity contribution in [3.05, 3.63) is 29.2 Å². The summed E-state index contributed by atoms with van der Waals surface area (Å²) >= 11 is 1.34. The quantitative estimate of drug-likeness (QED) is 0.787. The zero-order chi connectivity index (χ0) is 14.6. The molecule has 0 saturated heterocycles. The number of nitrogens with one attached hydrogen (secondary N) is 1. The monoisotopic (exact) mass is 302 g/mol. The Morgan fingerprint density at radius 1 is 1.53 bits per heavy atom. The van der Waals surface area contributed by atoms with Crippen molar-refractivity contribution in [2.45, 2.75) is 37.6 Å². The Labute approximate surface area is 120 Å². The summed E-state index contributed by atoms with van der Waals surface area (Å²) in [5.74, 6) is 0. The van der Waals surface area contributed by atoms with E-state index in [1.807, 2.05) is 27.8 Å². The predicted octanol–water partition coefficient (Wildman–Crippen LogP) is 2.36. The van der Waals surface area contributed by atoms with E-state index in [0.29, 0.717) is 17.3 Å². The average Bonchev–Trinajstić information content (AvgIpc) is 2.68. The first kappa shape index (κ1) is 16.4. The van der Waals surface area contributed by atoms with Crippen molar-refractivity contribution >= 4 is 21.4 Å². The number of thiophene rings is 1. The summed E-state index contributed by atoms with van der Waals surface area (Å²) in [6, 6.07) is 1.67. The minimum absolute atomic E-state index is 0.0850. The second-order valence-electron chi connectivity index (χ2n) is 4.66. The first-order valence-electron chi connectivity index (χ1n) is 6.21. The fourth-order valence-corrected chi connectivity index (χ4v) is 5.12. The molecule has 1 heterocycles. The Balaban J connectivity index is 3.18. The Morgan fingerprint density at radius 2 is 2.16 bits per heavy atom. The van der Waals surface area contributed by atoms with Gasteiger partial charge in [-0.15, -0.1) is 17.9 Å². The highest BCUT2D eigenvalue weighted by atomic mass is 32.2. The van der Waals surface area contributed by atoms with Gasteiger partial charge in [-0.25, -0.2) is 8.42 Å². The fraction of sp³-hybridized carbons (Fsp3) is 0.538. The van der Waals surface area contributed by atoms with Crippen LogP contribution in [-0.4, -0.2) is 32.4 Å². The van der Waals surface area contributed by atoms with E-state index in [9.17, 15) is 8.42 Å². The summed E-state index contributed by atoms with van der Waals surface area (Å²) in [5, 5.41) is 3.05. The molecular weight excluding hydrogens is 280 g/mol. The van der Waals surface area contributed by atoms with Crippen LogP contribution in [-0.2, 0) is 16.6 Å². The van der Waals surface area contributed by atoms with Gasteiger partial charge in [0.05, 0.1) is 0 Å². The van der Waals surface area contributed by atoms with Crippen LogP contribution in [0.25, 0.3) is 0 Å². The van der Waals surface area contributed by atoms with Gasteiger partial charge in [0.2, 0.25) is 0 Å². The van der Waals surface area contributed by atoms with Crippen molar-refractivity contribution in [2.75, 3.05) is 13.6 Å². The Kier molecular flexibility index (Phi) is 5.73. The van der Waals surface area contributed by atoms with Crippen molar-refractivity contribution in [1.29, 1.82) is 0 Å². The number of hydrogen-bond donors (Lipinski definition) is 1. The van der Waals surface area contributed by atoms with Gasteiger partial charge in [0.1, 0.15) is 4.21 Å². The molecule has 0 atom stereocenters. The molecule has 1 aromatic heterocycles. The van der Waals surface area contributed by atoms with Crippen LogP contribution < -0.4 is 5.32 Å². The Bertz CT molecular complexity index is 533. The molecule has 1 N–H and O–H groups in total. The molecule has 0 unspecified atom stereocenters. The molecule has 0 amide bonds. The standard InChI is InChI=1S/C13H22N2O2S2/c1-6-7-15(10(2)3)19(16,17)13-8-11(4)12(18-13)9-14-5/h6,8,10,14H,1,7,9H2,2-5H3. The van der Waals surface area contributed by atoms with Crippen LogP contribution in [0.5, 0.6) is 0 Å². The van der Waals surface area contributed by atoms with Crippen LogP contribution >= 0.6 is 11.3 Å². The highest BCUT2D eigenvalue weighted by Crippen LogP contribution is 2.29. The number of hydrogen-bond acceptors (Lipinski definition) is 4. The molecule has 0 aliphatic carbocycles. The van der Waals surface area contributed by atoms with Gasteiger partial charge in [-0.1, -0.05) is 6.08 Å². The normalized spacial score (nSPS) is 12.3. The van der Waals surface area contributed by atoms with Crippen LogP contribution in [0, 0.1) is 6.92 Å². The van der Waals surface area contributed by atoms with E-state index in [1.165, 1.54) is 15.6 Å². The molecule has 1 aromatic rings. The van der Waals surface area contributed by atoms with Crippen LogP contribution in [0.4, 0.5) is 0 Å². The molecule has 0 radical (unpaired) electrons. The molecule has 0 aliphatic heterocycles. The third-order valence-electron chi connectivity index (χ3n) is 2.78. The van der Waals surface area contributed by atoms with E-state index < -0.39 is 10.0 Å². The summed E-state index contributed by atoms with van der Waals surface area (Å²) < 4.78 is 27.1. The maximum Gasteiger partial charge on any atom is 0.253 e. The van der Waals surface area contributed by atoms with Crippen LogP contribution in [0.3, 0.4) is 0 Å².